The minimum Gasteiger partial charge on any atom is -0.508 e. The Morgan fingerprint density at radius 2 is 2.03 bits per heavy atom. The number of nitrogens with one attached hydrogen (secondary N) is 1. The SMILES string of the molecule is CN1CC[C@@]2(c3cccc(O)c3)Cc3[nH]c4ccc([N+](=O)[O-])cc4c3C[C@]2(O)C1. The Bertz CT molecular complexity index is 1140. The van der Waals surface area contributed by atoms with Crippen molar-refractivity contribution in [2.75, 3.05) is 20.1 Å². The van der Waals surface area contributed by atoms with E-state index >= 15 is 0 Å². The van der Waals surface area contributed by atoms with E-state index in [9.17, 15) is 20.3 Å². The predicted octanol–water partition coefficient (Wildman–Crippen LogP) is 2.88. The summed E-state index contributed by atoms with van der Waals surface area (Å²) < 4.78 is 0. The van der Waals surface area contributed by atoms with Gasteiger partial charge in [0.2, 0.25) is 0 Å². The number of benzene rings is 2. The summed E-state index contributed by atoms with van der Waals surface area (Å²) >= 11 is 0. The highest BCUT2D eigenvalue weighted by Gasteiger charge is 2.57. The Hall–Kier alpha value is -2.90. The van der Waals surface area contributed by atoms with Crippen LogP contribution in [0.25, 0.3) is 10.9 Å². The molecule has 0 amide bonds. The maximum absolute atomic E-state index is 12.0. The van der Waals surface area contributed by atoms with Gasteiger partial charge in [-0.3, -0.25) is 10.1 Å². The highest BCUT2D eigenvalue weighted by molar-refractivity contribution is 5.87. The quantitative estimate of drug-likeness (QED) is 0.459. The molecule has 0 bridgehead atoms. The van der Waals surface area contributed by atoms with Gasteiger partial charge < -0.3 is 20.1 Å². The van der Waals surface area contributed by atoms with Gasteiger partial charge >= 0.3 is 0 Å². The molecular weight excluding hydrogens is 370 g/mol. The van der Waals surface area contributed by atoms with Crippen LogP contribution in [-0.2, 0) is 18.3 Å². The lowest BCUT2D eigenvalue weighted by Crippen LogP contribution is -2.65. The van der Waals surface area contributed by atoms with Crippen molar-refractivity contribution in [2.45, 2.75) is 30.3 Å². The van der Waals surface area contributed by atoms with Gasteiger partial charge in [0.1, 0.15) is 5.75 Å². The summed E-state index contributed by atoms with van der Waals surface area (Å²) in [6.07, 6.45) is 1.76. The fourth-order valence-corrected chi connectivity index (χ4v) is 5.44. The van der Waals surface area contributed by atoms with Crippen LogP contribution in [0, 0.1) is 10.1 Å². The molecule has 2 heterocycles. The van der Waals surface area contributed by atoms with Gasteiger partial charge in [-0.2, -0.15) is 0 Å². The Morgan fingerprint density at radius 3 is 2.79 bits per heavy atom. The number of hydrogen-bond donors (Lipinski definition) is 3. The number of aromatic amines is 1. The number of phenolic OH excluding ortho intramolecular Hbond substituents is 1. The van der Waals surface area contributed by atoms with Crippen LogP contribution in [0.5, 0.6) is 5.75 Å². The smallest absolute Gasteiger partial charge is 0.270 e. The van der Waals surface area contributed by atoms with Gasteiger partial charge in [0.25, 0.3) is 5.69 Å². The zero-order chi connectivity index (χ0) is 20.4. The average molecular weight is 393 g/mol. The molecule has 29 heavy (non-hydrogen) atoms. The van der Waals surface area contributed by atoms with Crippen molar-refractivity contribution in [1.82, 2.24) is 9.88 Å². The number of nitro groups is 1. The van der Waals surface area contributed by atoms with Crippen LogP contribution < -0.4 is 0 Å². The van der Waals surface area contributed by atoms with Crippen LogP contribution in [0.2, 0.25) is 0 Å². The first-order chi connectivity index (χ1) is 13.8. The zero-order valence-electron chi connectivity index (χ0n) is 16.2. The first-order valence-electron chi connectivity index (χ1n) is 9.80. The lowest BCUT2D eigenvalue weighted by molar-refractivity contribution is -0.384. The number of nitro benzene ring substituents is 1. The van der Waals surface area contributed by atoms with Gasteiger partial charge in [0.15, 0.2) is 0 Å². The van der Waals surface area contributed by atoms with Crippen molar-refractivity contribution in [3.8, 4) is 5.75 Å². The molecule has 7 nitrogen and oxygen atoms in total. The lowest BCUT2D eigenvalue weighted by atomic mass is 9.56. The first-order valence-corrected chi connectivity index (χ1v) is 9.80. The highest BCUT2D eigenvalue weighted by Crippen LogP contribution is 2.51. The zero-order valence-corrected chi connectivity index (χ0v) is 16.2. The van der Waals surface area contributed by atoms with E-state index < -0.39 is 11.0 Å². The number of phenols is 1. The molecule has 0 saturated carbocycles. The number of rotatable bonds is 2. The molecule has 1 saturated heterocycles. The summed E-state index contributed by atoms with van der Waals surface area (Å²) in [7, 11) is 2.00. The van der Waals surface area contributed by atoms with Gasteiger partial charge in [-0.1, -0.05) is 12.1 Å². The Labute approximate surface area is 167 Å². The maximum atomic E-state index is 12.0. The maximum Gasteiger partial charge on any atom is 0.270 e. The molecular formula is C22H23N3O4. The third kappa shape index (κ3) is 2.58. The van der Waals surface area contributed by atoms with Crippen molar-refractivity contribution >= 4 is 16.6 Å². The number of aromatic nitrogens is 1. The summed E-state index contributed by atoms with van der Waals surface area (Å²) in [6.45, 7) is 1.35. The predicted molar refractivity (Wildman–Crippen MR) is 109 cm³/mol. The second-order valence-electron chi connectivity index (χ2n) is 8.57. The number of β-amino-alcohol motifs (C(OH)–C–C–N with tert-alkyl or cyclic N) is 1. The Morgan fingerprint density at radius 1 is 1.21 bits per heavy atom. The van der Waals surface area contributed by atoms with E-state index in [4.69, 9.17) is 0 Å². The van der Waals surface area contributed by atoms with Gasteiger partial charge in [-0.15, -0.1) is 0 Å². The molecule has 2 atom stereocenters. The highest BCUT2D eigenvalue weighted by atomic mass is 16.6. The van der Waals surface area contributed by atoms with E-state index in [0.717, 1.165) is 40.7 Å². The molecule has 0 spiro atoms. The molecule has 1 aromatic heterocycles. The van der Waals surface area contributed by atoms with Crippen LogP contribution in [0.3, 0.4) is 0 Å². The molecule has 3 aromatic rings. The summed E-state index contributed by atoms with van der Waals surface area (Å²) in [4.78, 5) is 16.4. The number of nitrogens with zero attached hydrogens (tertiary/aromatic N) is 2. The molecule has 150 valence electrons. The number of non-ortho nitro benzene ring substituents is 1. The van der Waals surface area contributed by atoms with E-state index in [2.05, 4.69) is 9.88 Å². The minimum absolute atomic E-state index is 0.0527. The molecule has 1 aliphatic heterocycles. The van der Waals surface area contributed by atoms with Gasteiger partial charge in [0.05, 0.1) is 10.5 Å². The second kappa shape index (κ2) is 6.05. The minimum atomic E-state index is -1.04. The molecule has 5 rings (SSSR count). The van der Waals surface area contributed by atoms with Crippen LogP contribution in [0.4, 0.5) is 5.69 Å². The van der Waals surface area contributed by atoms with Crippen molar-refractivity contribution in [3.05, 3.63) is 69.4 Å². The lowest BCUT2D eigenvalue weighted by Gasteiger charge is -2.55. The monoisotopic (exact) mass is 393 g/mol. The molecule has 0 unspecified atom stereocenters. The summed E-state index contributed by atoms with van der Waals surface area (Å²) in [6, 6.07) is 12.1. The number of H-pyrrole nitrogens is 1. The van der Waals surface area contributed by atoms with E-state index in [1.807, 2.05) is 19.2 Å². The second-order valence-corrected chi connectivity index (χ2v) is 8.57. The first kappa shape index (κ1) is 18.1. The largest absolute Gasteiger partial charge is 0.508 e. The number of aliphatic hydroxyl groups is 1. The van der Waals surface area contributed by atoms with Gasteiger partial charge in [-0.05, 0) is 49.3 Å². The van der Waals surface area contributed by atoms with Crippen LogP contribution >= 0.6 is 0 Å². The molecule has 0 radical (unpaired) electrons. The molecule has 2 aliphatic rings. The normalized spacial score (nSPS) is 26.8. The number of fused-ring (bicyclic) bond motifs is 4. The Kier molecular flexibility index (Phi) is 3.78. The molecule has 7 heteroatoms. The van der Waals surface area contributed by atoms with Crippen molar-refractivity contribution < 1.29 is 15.1 Å². The Balaban J connectivity index is 1.72. The topological polar surface area (TPSA) is 103 Å². The van der Waals surface area contributed by atoms with E-state index in [0.29, 0.717) is 19.4 Å². The van der Waals surface area contributed by atoms with E-state index in [1.54, 1.807) is 24.3 Å². The summed E-state index contributed by atoms with van der Waals surface area (Å²) in [5.41, 5.74) is 2.23. The summed E-state index contributed by atoms with van der Waals surface area (Å²) in [5, 5.41) is 34.1. The number of aromatic hydroxyl groups is 1. The summed E-state index contributed by atoms with van der Waals surface area (Å²) in [5.74, 6) is 0.191. The molecule has 3 N–H and O–H groups in total. The fourth-order valence-electron chi connectivity index (χ4n) is 5.44. The van der Waals surface area contributed by atoms with Crippen molar-refractivity contribution in [3.63, 3.8) is 0 Å². The third-order valence-electron chi connectivity index (χ3n) is 6.88. The average Bonchev–Trinajstić information content (AvgIpc) is 3.01. The van der Waals surface area contributed by atoms with E-state index in [1.165, 1.54) is 6.07 Å². The van der Waals surface area contributed by atoms with Gasteiger partial charge in [-0.25, -0.2) is 0 Å². The standard InChI is InChI=1S/C22H23N3O4/c1-24-8-7-21(14-3-2-4-16(26)9-14)12-20-18(11-22(21,27)13-24)17-10-15(25(28)29)5-6-19(17)23-20/h2-6,9-10,23,26-27H,7-8,11-13H2,1H3/t21-,22-/m0/s1. The van der Waals surface area contributed by atoms with Gasteiger partial charge in [0, 0.05) is 53.5 Å². The third-order valence-corrected chi connectivity index (χ3v) is 6.88. The molecule has 1 fully saturated rings. The number of likely N-dealkylation sites (tertiary alicyclic amines) is 1. The molecule has 2 aromatic carbocycles. The van der Waals surface area contributed by atoms with Crippen molar-refractivity contribution in [2.24, 2.45) is 0 Å². The number of piperidine rings is 1. The number of likely N-dealkylation sites (N-methyl/N-ethyl adjacent to an activating group) is 1. The number of hydrogen-bond acceptors (Lipinski definition) is 5. The van der Waals surface area contributed by atoms with E-state index in [-0.39, 0.29) is 16.4 Å². The fraction of sp³-hybridized carbons (Fsp3) is 0.364. The molecule has 1 aliphatic carbocycles. The van der Waals surface area contributed by atoms with Crippen LogP contribution in [0.15, 0.2) is 42.5 Å². The van der Waals surface area contributed by atoms with Crippen LogP contribution in [0.1, 0.15) is 23.2 Å². The van der Waals surface area contributed by atoms with Crippen LogP contribution in [-0.4, -0.2) is 50.8 Å². The van der Waals surface area contributed by atoms with Crippen molar-refractivity contribution in [1.29, 1.82) is 0 Å².